The molecular formula is C18H21ClN2OS2. The van der Waals surface area contributed by atoms with E-state index in [0.29, 0.717) is 15.8 Å². The van der Waals surface area contributed by atoms with E-state index in [2.05, 4.69) is 17.4 Å². The molecule has 1 aliphatic heterocycles. The molecule has 24 heavy (non-hydrogen) atoms. The molecule has 2 aromatic carbocycles. The highest BCUT2D eigenvalue weighted by Gasteiger charge is 2.17. The van der Waals surface area contributed by atoms with Crippen molar-refractivity contribution in [1.82, 2.24) is 0 Å². The molecule has 1 heterocycles. The van der Waals surface area contributed by atoms with Gasteiger partial charge in [0, 0.05) is 16.9 Å². The number of amides is 1. The zero-order chi connectivity index (χ0) is 16.2. The minimum absolute atomic E-state index is 0. The first-order valence-electron chi connectivity index (χ1n) is 7.64. The molecule has 128 valence electrons. The summed E-state index contributed by atoms with van der Waals surface area (Å²) < 4.78 is 0.497. The van der Waals surface area contributed by atoms with Crippen LogP contribution in [0.15, 0.2) is 42.5 Å². The number of aryl methyl sites for hydroxylation is 1. The number of nitrogens with two attached hydrogens (primary N) is 1. The first kappa shape index (κ1) is 19.0. The lowest BCUT2D eigenvalue weighted by Gasteiger charge is -2.21. The van der Waals surface area contributed by atoms with Crippen molar-refractivity contribution in [2.75, 3.05) is 22.6 Å². The Hall–Kier alpha value is -1.30. The third-order valence-corrected chi connectivity index (χ3v) is 6.80. The molecule has 3 N–H and O–H groups in total. The minimum Gasteiger partial charge on any atom is -0.399 e. The maximum absolute atomic E-state index is 12.4. The molecule has 1 aliphatic rings. The summed E-state index contributed by atoms with van der Waals surface area (Å²) >= 11 is 3.97. The summed E-state index contributed by atoms with van der Waals surface area (Å²) in [5, 5.41) is 2.94. The third-order valence-electron chi connectivity index (χ3n) is 3.78. The zero-order valence-electron chi connectivity index (χ0n) is 13.5. The highest BCUT2D eigenvalue weighted by Crippen LogP contribution is 2.43. The van der Waals surface area contributed by atoms with Crippen molar-refractivity contribution >= 4 is 53.2 Å². The Morgan fingerprint density at radius 3 is 2.46 bits per heavy atom. The maximum atomic E-state index is 12.4. The smallest absolute Gasteiger partial charge is 0.255 e. The van der Waals surface area contributed by atoms with Crippen LogP contribution in [0.3, 0.4) is 0 Å². The van der Waals surface area contributed by atoms with E-state index in [4.69, 9.17) is 5.73 Å². The van der Waals surface area contributed by atoms with Gasteiger partial charge in [-0.15, -0.1) is 35.9 Å². The largest absolute Gasteiger partial charge is 0.399 e. The fourth-order valence-electron chi connectivity index (χ4n) is 2.44. The number of anilines is 2. The molecule has 0 aromatic heterocycles. The van der Waals surface area contributed by atoms with Crippen LogP contribution in [0.4, 0.5) is 11.4 Å². The van der Waals surface area contributed by atoms with E-state index in [9.17, 15) is 4.79 Å². The number of nitrogen functional groups attached to an aromatic ring is 1. The van der Waals surface area contributed by atoms with Gasteiger partial charge in [0.05, 0.1) is 4.58 Å². The van der Waals surface area contributed by atoms with Crippen LogP contribution in [-0.2, 0) is 0 Å². The normalized spacial score (nSPS) is 14.7. The summed E-state index contributed by atoms with van der Waals surface area (Å²) in [6.07, 6.45) is 1.28. The Kier molecular flexibility index (Phi) is 6.90. The molecule has 0 aliphatic carbocycles. The first-order valence-corrected chi connectivity index (χ1v) is 9.74. The second kappa shape index (κ2) is 8.70. The Balaban J connectivity index is 0.00000208. The minimum atomic E-state index is -0.103. The van der Waals surface area contributed by atoms with Crippen LogP contribution in [0.1, 0.15) is 32.5 Å². The van der Waals surface area contributed by atoms with Crippen molar-refractivity contribution in [3.05, 3.63) is 59.2 Å². The number of carbonyl (C=O) groups is 1. The first-order chi connectivity index (χ1) is 11.1. The van der Waals surface area contributed by atoms with Gasteiger partial charge in [-0.25, -0.2) is 0 Å². The highest BCUT2D eigenvalue weighted by atomic mass is 35.5. The van der Waals surface area contributed by atoms with Crippen LogP contribution in [0.5, 0.6) is 0 Å². The molecule has 3 nitrogen and oxygen atoms in total. The van der Waals surface area contributed by atoms with Crippen LogP contribution in [0, 0.1) is 6.92 Å². The maximum Gasteiger partial charge on any atom is 0.255 e. The molecule has 1 fully saturated rings. The number of hydrogen-bond acceptors (Lipinski definition) is 4. The quantitative estimate of drug-likeness (QED) is 0.725. The van der Waals surface area contributed by atoms with Gasteiger partial charge in [-0.05, 0) is 60.2 Å². The second-order valence-corrected chi connectivity index (χ2v) is 8.30. The highest BCUT2D eigenvalue weighted by molar-refractivity contribution is 8.16. The van der Waals surface area contributed by atoms with Crippen LogP contribution in [0.25, 0.3) is 0 Å². The third kappa shape index (κ3) is 4.62. The Morgan fingerprint density at radius 1 is 1.12 bits per heavy atom. The second-order valence-electron chi connectivity index (χ2n) is 5.58. The number of benzene rings is 2. The summed E-state index contributed by atoms with van der Waals surface area (Å²) in [5.41, 5.74) is 10.2. The van der Waals surface area contributed by atoms with E-state index in [0.717, 1.165) is 11.3 Å². The molecule has 0 unspecified atom stereocenters. The summed E-state index contributed by atoms with van der Waals surface area (Å²) in [7, 11) is 0. The molecule has 0 atom stereocenters. The number of halogens is 1. The Labute approximate surface area is 157 Å². The van der Waals surface area contributed by atoms with Gasteiger partial charge >= 0.3 is 0 Å². The number of nitrogens with one attached hydrogen (secondary N) is 1. The molecule has 0 bridgehead atoms. The standard InChI is InChI=1S/C18H20N2OS2.ClH/c1-12-3-8-15(19)11-16(12)20-17(21)13-4-6-14(7-5-13)18-22-9-2-10-23-18;/h3-8,11,18H,2,9-10,19H2,1H3,(H,20,21);1H. The monoisotopic (exact) mass is 380 g/mol. The zero-order valence-corrected chi connectivity index (χ0v) is 15.9. The summed E-state index contributed by atoms with van der Waals surface area (Å²) in [5.74, 6) is 2.33. The predicted octanol–water partition coefficient (Wildman–Crippen LogP) is 5.12. The van der Waals surface area contributed by atoms with Crippen LogP contribution in [0.2, 0.25) is 0 Å². The van der Waals surface area contributed by atoms with Crippen molar-refractivity contribution in [2.45, 2.75) is 17.9 Å². The van der Waals surface area contributed by atoms with Gasteiger partial charge in [0.1, 0.15) is 0 Å². The number of carbonyl (C=O) groups excluding carboxylic acids is 1. The van der Waals surface area contributed by atoms with Gasteiger partial charge < -0.3 is 11.1 Å². The van der Waals surface area contributed by atoms with E-state index in [1.54, 1.807) is 6.07 Å². The van der Waals surface area contributed by atoms with Crippen LogP contribution in [-0.4, -0.2) is 17.4 Å². The number of rotatable bonds is 3. The lowest BCUT2D eigenvalue weighted by atomic mass is 10.1. The molecule has 3 rings (SSSR count). The Morgan fingerprint density at radius 2 is 1.79 bits per heavy atom. The number of thioether (sulfide) groups is 2. The van der Waals surface area contributed by atoms with Crippen molar-refractivity contribution in [1.29, 1.82) is 0 Å². The molecule has 2 aromatic rings. The van der Waals surface area contributed by atoms with E-state index in [1.807, 2.05) is 54.7 Å². The fraction of sp³-hybridized carbons (Fsp3) is 0.278. The van der Waals surface area contributed by atoms with Crippen molar-refractivity contribution in [3.8, 4) is 0 Å². The Bertz CT molecular complexity index is 701. The van der Waals surface area contributed by atoms with Gasteiger partial charge in [-0.3, -0.25) is 4.79 Å². The van der Waals surface area contributed by atoms with Gasteiger partial charge in [0.2, 0.25) is 0 Å². The van der Waals surface area contributed by atoms with E-state index < -0.39 is 0 Å². The van der Waals surface area contributed by atoms with Crippen molar-refractivity contribution < 1.29 is 4.79 Å². The lowest BCUT2D eigenvalue weighted by molar-refractivity contribution is 0.102. The van der Waals surface area contributed by atoms with Gasteiger partial charge in [0.25, 0.3) is 5.91 Å². The fourth-order valence-corrected chi connectivity index (χ4v) is 5.33. The van der Waals surface area contributed by atoms with Gasteiger partial charge in [-0.1, -0.05) is 18.2 Å². The average Bonchev–Trinajstić information content (AvgIpc) is 2.59. The SMILES string of the molecule is Cc1ccc(N)cc1NC(=O)c1ccc(C2SCCCS2)cc1.Cl. The average molecular weight is 381 g/mol. The lowest BCUT2D eigenvalue weighted by Crippen LogP contribution is -2.13. The molecule has 1 saturated heterocycles. The summed E-state index contributed by atoms with van der Waals surface area (Å²) in [4.78, 5) is 12.4. The summed E-state index contributed by atoms with van der Waals surface area (Å²) in [6, 6.07) is 13.5. The molecule has 0 saturated carbocycles. The molecule has 1 amide bonds. The van der Waals surface area contributed by atoms with Crippen molar-refractivity contribution in [3.63, 3.8) is 0 Å². The van der Waals surface area contributed by atoms with E-state index >= 15 is 0 Å². The summed E-state index contributed by atoms with van der Waals surface area (Å²) in [6.45, 7) is 1.95. The number of hydrogen-bond donors (Lipinski definition) is 2. The molecule has 0 spiro atoms. The molecule has 0 radical (unpaired) electrons. The van der Waals surface area contributed by atoms with E-state index in [1.165, 1.54) is 23.5 Å². The predicted molar refractivity (Wildman–Crippen MR) is 110 cm³/mol. The van der Waals surface area contributed by atoms with Crippen molar-refractivity contribution in [2.24, 2.45) is 0 Å². The van der Waals surface area contributed by atoms with Gasteiger partial charge in [-0.2, -0.15) is 0 Å². The molecular weight excluding hydrogens is 360 g/mol. The van der Waals surface area contributed by atoms with Crippen LogP contribution < -0.4 is 11.1 Å². The molecule has 6 heteroatoms. The van der Waals surface area contributed by atoms with E-state index in [-0.39, 0.29) is 18.3 Å². The topological polar surface area (TPSA) is 55.1 Å². The van der Waals surface area contributed by atoms with Gasteiger partial charge in [0.15, 0.2) is 0 Å². The van der Waals surface area contributed by atoms with Crippen LogP contribution >= 0.6 is 35.9 Å².